The Bertz CT molecular complexity index is 777. The Morgan fingerprint density at radius 2 is 2.17 bits per heavy atom. The van der Waals surface area contributed by atoms with Gasteiger partial charge < -0.3 is 9.78 Å². The Kier molecular flexibility index (Phi) is 3.57. The second-order valence-corrected chi connectivity index (χ2v) is 6.93. The van der Waals surface area contributed by atoms with Gasteiger partial charge in [0.1, 0.15) is 11.6 Å². The lowest BCUT2D eigenvalue weighted by atomic mass is 9.83. The van der Waals surface area contributed by atoms with Crippen molar-refractivity contribution in [2.24, 2.45) is 5.92 Å². The van der Waals surface area contributed by atoms with Crippen molar-refractivity contribution in [3.8, 4) is 0 Å². The van der Waals surface area contributed by atoms with E-state index in [4.69, 9.17) is 0 Å². The zero-order valence-electron chi connectivity index (χ0n) is 13.5. The van der Waals surface area contributed by atoms with Crippen LogP contribution in [0.4, 0.5) is 0 Å². The number of H-pyrrole nitrogens is 1. The summed E-state index contributed by atoms with van der Waals surface area (Å²) < 4.78 is 0. The van der Waals surface area contributed by atoms with Crippen molar-refractivity contribution in [1.29, 1.82) is 0 Å². The highest BCUT2D eigenvalue weighted by Gasteiger charge is 2.39. The van der Waals surface area contributed by atoms with E-state index >= 15 is 0 Å². The van der Waals surface area contributed by atoms with Gasteiger partial charge in [0.2, 0.25) is 0 Å². The van der Waals surface area contributed by atoms with Crippen molar-refractivity contribution in [3.63, 3.8) is 0 Å². The molecular formula is C19H22N2O2. The molecule has 23 heavy (non-hydrogen) atoms. The fourth-order valence-corrected chi connectivity index (χ4v) is 4.19. The van der Waals surface area contributed by atoms with E-state index in [-0.39, 0.29) is 17.7 Å². The first-order chi connectivity index (χ1) is 11.1. The van der Waals surface area contributed by atoms with Crippen LogP contribution in [0.15, 0.2) is 24.3 Å². The summed E-state index contributed by atoms with van der Waals surface area (Å²) in [5.74, 6) is 0.525. The fourth-order valence-electron chi connectivity index (χ4n) is 4.19. The standard InChI is InChI=1S/C19H22N2O2/c1-12(22)6-7-13-11-21-9-8-15-14-4-2-3-5-16(14)20-19(15)17(21)10-18(13)23/h2-5,13,17,20H,6-11H2,1H3/t13-,17-/m0/s1. The van der Waals surface area contributed by atoms with Crippen LogP contribution in [0, 0.1) is 5.92 Å². The topological polar surface area (TPSA) is 53.2 Å². The Morgan fingerprint density at radius 3 is 3.00 bits per heavy atom. The minimum absolute atomic E-state index is 0.0288. The molecule has 1 fully saturated rings. The maximum Gasteiger partial charge on any atom is 0.139 e. The molecule has 4 heteroatoms. The average molecular weight is 310 g/mol. The minimum atomic E-state index is 0.0288. The van der Waals surface area contributed by atoms with Crippen molar-refractivity contribution in [2.75, 3.05) is 13.1 Å². The minimum Gasteiger partial charge on any atom is -0.357 e. The number of aromatic amines is 1. The van der Waals surface area contributed by atoms with E-state index in [2.05, 4.69) is 28.1 Å². The third kappa shape index (κ3) is 2.51. The number of carbonyl (C=O) groups excluding carboxylic acids is 2. The first-order valence-corrected chi connectivity index (χ1v) is 8.49. The van der Waals surface area contributed by atoms with E-state index in [1.54, 1.807) is 6.92 Å². The van der Waals surface area contributed by atoms with Gasteiger partial charge in [0, 0.05) is 48.4 Å². The highest BCUT2D eigenvalue weighted by atomic mass is 16.1. The summed E-state index contributed by atoms with van der Waals surface area (Å²) >= 11 is 0. The smallest absolute Gasteiger partial charge is 0.139 e. The highest BCUT2D eigenvalue weighted by Crippen LogP contribution is 2.40. The molecule has 1 aromatic carbocycles. The number of rotatable bonds is 3. The van der Waals surface area contributed by atoms with Crippen molar-refractivity contribution >= 4 is 22.5 Å². The van der Waals surface area contributed by atoms with E-state index in [1.807, 2.05) is 6.07 Å². The number of hydrogen-bond donors (Lipinski definition) is 1. The van der Waals surface area contributed by atoms with Crippen molar-refractivity contribution in [2.45, 2.75) is 38.6 Å². The second kappa shape index (κ2) is 5.60. The maximum atomic E-state index is 12.5. The number of piperidine rings is 1. The summed E-state index contributed by atoms with van der Waals surface area (Å²) in [6.45, 7) is 3.41. The molecule has 4 rings (SSSR count). The lowest BCUT2D eigenvalue weighted by Crippen LogP contribution is -2.46. The van der Waals surface area contributed by atoms with Crippen LogP contribution in [0.3, 0.4) is 0 Å². The van der Waals surface area contributed by atoms with Crippen molar-refractivity contribution in [3.05, 3.63) is 35.5 Å². The Balaban J connectivity index is 1.61. The lowest BCUT2D eigenvalue weighted by molar-refractivity contribution is -0.129. The van der Waals surface area contributed by atoms with Gasteiger partial charge in [0.15, 0.2) is 0 Å². The normalized spacial score (nSPS) is 24.5. The molecule has 2 aromatic rings. The Morgan fingerprint density at radius 1 is 1.35 bits per heavy atom. The zero-order chi connectivity index (χ0) is 16.0. The average Bonchev–Trinajstić information content (AvgIpc) is 2.92. The van der Waals surface area contributed by atoms with Gasteiger partial charge >= 0.3 is 0 Å². The number of nitrogens with one attached hydrogen (secondary N) is 1. The molecular weight excluding hydrogens is 288 g/mol. The molecule has 0 aliphatic carbocycles. The van der Waals surface area contributed by atoms with Gasteiger partial charge in [0.05, 0.1) is 6.04 Å². The number of Topliss-reactive ketones (excluding diaryl/α,β-unsaturated/α-hetero) is 2. The Labute approximate surface area is 135 Å². The van der Waals surface area contributed by atoms with Crippen LogP contribution in [-0.2, 0) is 16.0 Å². The SMILES string of the molecule is CC(=O)CC[C@H]1CN2CCc3c([nH]c4ccccc34)[C@@H]2CC1=O. The van der Waals surface area contributed by atoms with E-state index in [9.17, 15) is 9.59 Å². The van der Waals surface area contributed by atoms with Crippen LogP contribution in [-0.4, -0.2) is 34.5 Å². The van der Waals surface area contributed by atoms with Gasteiger partial charge in [-0.1, -0.05) is 18.2 Å². The molecule has 0 spiro atoms. The number of nitrogens with zero attached hydrogens (tertiary/aromatic N) is 1. The third-order valence-corrected chi connectivity index (χ3v) is 5.42. The van der Waals surface area contributed by atoms with Gasteiger partial charge in [-0.25, -0.2) is 0 Å². The molecule has 2 aliphatic rings. The summed E-state index contributed by atoms with van der Waals surface area (Å²) in [6, 6.07) is 8.59. The van der Waals surface area contributed by atoms with E-state index in [1.165, 1.54) is 22.2 Å². The quantitative estimate of drug-likeness (QED) is 0.948. The second-order valence-electron chi connectivity index (χ2n) is 6.93. The molecule has 0 amide bonds. The number of benzene rings is 1. The number of aromatic nitrogens is 1. The van der Waals surface area contributed by atoms with Crippen molar-refractivity contribution < 1.29 is 9.59 Å². The molecule has 1 aromatic heterocycles. The van der Waals surface area contributed by atoms with Crippen LogP contribution in [0.5, 0.6) is 0 Å². The van der Waals surface area contributed by atoms with Crippen LogP contribution in [0.2, 0.25) is 0 Å². The van der Waals surface area contributed by atoms with Gasteiger partial charge in [-0.2, -0.15) is 0 Å². The summed E-state index contributed by atoms with van der Waals surface area (Å²) in [5, 5.41) is 1.30. The first-order valence-electron chi connectivity index (χ1n) is 8.49. The molecule has 2 aliphatic heterocycles. The van der Waals surface area contributed by atoms with Crippen molar-refractivity contribution in [1.82, 2.24) is 9.88 Å². The number of ketones is 2. The van der Waals surface area contributed by atoms with E-state index in [0.717, 1.165) is 19.5 Å². The molecule has 2 atom stereocenters. The van der Waals surface area contributed by atoms with Crippen LogP contribution in [0.25, 0.3) is 10.9 Å². The molecule has 1 N–H and O–H groups in total. The number of fused-ring (bicyclic) bond motifs is 5. The predicted molar refractivity (Wildman–Crippen MR) is 89.3 cm³/mol. The molecule has 0 saturated carbocycles. The van der Waals surface area contributed by atoms with Gasteiger partial charge in [-0.05, 0) is 31.4 Å². The van der Waals surface area contributed by atoms with Gasteiger partial charge in [-0.15, -0.1) is 0 Å². The summed E-state index contributed by atoms with van der Waals surface area (Å²) in [7, 11) is 0. The summed E-state index contributed by atoms with van der Waals surface area (Å²) in [5.41, 5.74) is 3.79. The highest BCUT2D eigenvalue weighted by molar-refractivity contribution is 5.87. The molecule has 4 nitrogen and oxygen atoms in total. The molecule has 1 saturated heterocycles. The largest absolute Gasteiger partial charge is 0.357 e. The number of carbonyl (C=O) groups is 2. The first kappa shape index (κ1) is 14.6. The monoisotopic (exact) mass is 310 g/mol. The third-order valence-electron chi connectivity index (χ3n) is 5.42. The van der Waals surface area contributed by atoms with Crippen LogP contribution in [0.1, 0.15) is 43.5 Å². The summed E-state index contributed by atoms with van der Waals surface area (Å²) in [6.07, 6.45) is 2.83. The van der Waals surface area contributed by atoms with Gasteiger partial charge in [-0.3, -0.25) is 9.69 Å². The Hall–Kier alpha value is -1.94. The molecule has 0 unspecified atom stereocenters. The molecule has 120 valence electrons. The fraction of sp³-hybridized carbons (Fsp3) is 0.474. The molecule has 0 radical (unpaired) electrons. The number of hydrogen-bond acceptors (Lipinski definition) is 3. The maximum absolute atomic E-state index is 12.5. The zero-order valence-corrected chi connectivity index (χ0v) is 13.5. The van der Waals surface area contributed by atoms with Gasteiger partial charge in [0.25, 0.3) is 0 Å². The molecule has 0 bridgehead atoms. The van der Waals surface area contributed by atoms with E-state index in [0.29, 0.717) is 25.0 Å². The van der Waals surface area contributed by atoms with Crippen LogP contribution >= 0.6 is 0 Å². The lowest BCUT2D eigenvalue weighted by Gasteiger charge is -2.41. The summed E-state index contributed by atoms with van der Waals surface area (Å²) in [4.78, 5) is 29.7. The van der Waals surface area contributed by atoms with E-state index < -0.39 is 0 Å². The molecule has 3 heterocycles. The van der Waals surface area contributed by atoms with Crippen LogP contribution < -0.4 is 0 Å². The predicted octanol–water partition coefficient (Wildman–Crippen LogP) is 3.03. The number of para-hydroxylation sites is 1.